The first-order valence-corrected chi connectivity index (χ1v) is 10.4. The molecule has 0 radical (unpaired) electrons. The third-order valence-corrected chi connectivity index (χ3v) is 6.16. The molecular formula is C24H23FN4O. The van der Waals surface area contributed by atoms with E-state index < -0.39 is 0 Å². The maximum Gasteiger partial charge on any atom is 0.230 e. The highest BCUT2D eigenvalue weighted by Gasteiger charge is 2.51. The number of rotatable bonds is 5. The molecule has 1 N–H and O–H groups in total. The standard InChI is InChI=1S/C24H23FN4O/c25-20-9-5-4-8-19(20)21-10-11-22(28-27-21)29-15-12-18(16-29)26-23(30)24(13-14-24)17-6-2-1-3-7-17/h1-11,18H,12-16H2,(H,26,30)/t18-/m1/s1. The molecule has 0 spiro atoms. The van der Waals surface area contributed by atoms with Crippen molar-refractivity contribution in [2.75, 3.05) is 18.0 Å². The molecule has 5 rings (SSSR count). The van der Waals surface area contributed by atoms with Gasteiger partial charge in [-0.3, -0.25) is 4.79 Å². The Balaban J connectivity index is 1.23. The van der Waals surface area contributed by atoms with Crippen LogP contribution in [-0.2, 0) is 10.2 Å². The zero-order valence-electron chi connectivity index (χ0n) is 16.6. The fourth-order valence-electron chi connectivity index (χ4n) is 4.25. The highest BCUT2D eigenvalue weighted by molar-refractivity contribution is 5.91. The molecule has 1 amide bonds. The van der Waals surface area contributed by atoms with Gasteiger partial charge in [-0.1, -0.05) is 42.5 Å². The first-order valence-electron chi connectivity index (χ1n) is 10.4. The lowest BCUT2D eigenvalue weighted by atomic mass is 9.94. The number of nitrogens with zero attached hydrogens (tertiary/aromatic N) is 3. The van der Waals surface area contributed by atoms with Gasteiger partial charge in [-0.15, -0.1) is 10.2 Å². The molecule has 1 aromatic heterocycles. The molecule has 0 bridgehead atoms. The highest BCUT2D eigenvalue weighted by atomic mass is 19.1. The fraction of sp³-hybridized carbons (Fsp3) is 0.292. The number of nitrogens with one attached hydrogen (secondary N) is 1. The molecular weight excluding hydrogens is 379 g/mol. The zero-order valence-corrected chi connectivity index (χ0v) is 16.6. The summed E-state index contributed by atoms with van der Waals surface area (Å²) in [6, 6.07) is 20.3. The van der Waals surface area contributed by atoms with Crippen LogP contribution >= 0.6 is 0 Å². The van der Waals surface area contributed by atoms with Crippen LogP contribution in [0, 0.1) is 5.82 Å². The van der Waals surface area contributed by atoms with E-state index in [1.807, 2.05) is 36.4 Å². The van der Waals surface area contributed by atoms with Gasteiger partial charge in [0.05, 0.1) is 11.1 Å². The molecule has 2 aromatic carbocycles. The Morgan fingerprint density at radius 2 is 1.77 bits per heavy atom. The van der Waals surface area contributed by atoms with E-state index in [0.29, 0.717) is 17.8 Å². The Labute approximate surface area is 174 Å². The Morgan fingerprint density at radius 3 is 2.47 bits per heavy atom. The predicted octanol–water partition coefficient (Wildman–Crippen LogP) is 3.71. The Morgan fingerprint density at radius 1 is 1.00 bits per heavy atom. The number of hydrogen-bond donors (Lipinski definition) is 1. The van der Waals surface area contributed by atoms with Gasteiger partial charge < -0.3 is 10.2 Å². The number of hydrogen-bond acceptors (Lipinski definition) is 4. The van der Waals surface area contributed by atoms with E-state index in [4.69, 9.17) is 0 Å². The largest absolute Gasteiger partial charge is 0.353 e. The summed E-state index contributed by atoms with van der Waals surface area (Å²) in [5.41, 5.74) is 1.71. The van der Waals surface area contributed by atoms with Crippen molar-refractivity contribution in [1.82, 2.24) is 15.5 Å². The molecule has 2 heterocycles. The smallest absolute Gasteiger partial charge is 0.230 e. The number of amides is 1. The first kappa shape index (κ1) is 18.7. The third-order valence-electron chi connectivity index (χ3n) is 6.16. The van der Waals surface area contributed by atoms with Crippen LogP contribution < -0.4 is 10.2 Å². The summed E-state index contributed by atoms with van der Waals surface area (Å²) >= 11 is 0. The monoisotopic (exact) mass is 402 g/mol. The van der Waals surface area contributed by atoms with E-state index in [-0.39, 0.29) is 23.2 Å². The minimum absolute atomic E-state index is 0.0896. The van der Waals surface area contributed by atoms with Crippen LogP contribution in [0.1, 0.15) is 24.8 Å². The van der Waals surface area contributed by atoms with Crippen LogP contribution in [0.15, 0.2) is 66.7 Å². The molecule has 2 aliphatic rings. The molecule has 1 saturated carbocycles. The van der Waals surface area contributed by atoms with Crippen LogP contribution in [-0.4, -0.2) is 35.2 Å². The van der Waals surface area contributed by atoms with Crippen LogP contribution in [0.25, 0.3) is 11.3 Å². The molecule has 1 aliphatic carbocycles. The SMILES string of the molecule is O=C(N[C@@H]1CCN(c2ccc(-c3ccccc3F)nn2)C1)C1(c2ccccc2)CC1. The Kier molecular flexibility index (Phi) is 4.69. The highest BCUT2D eigenvalue weighted by Crippen LogP contribution is 2.48. The minimum atomic E-state index is -0.351. The fourth-order valence-corrected chi connectivity index (χ4v) is 4.25. The number of halogens is 1. The molecule has 152 valence electrons. The number of carbonyl (C=O) groups is 1. The lowest BCUT2D eigenvalue weighted by Gasteiger charge is -2.21. The molecule has 3 aromatic rings. The maximum atomic E-state index is 14.0. The molecule has 6 heteroatoms. The zero-order chi connectivity index (χ0) is 20.6. The quantitative estimate of drug-likeness (QED) is 0.707. The summed E-state index contributed by atoms with van der Waals surface area (Å²) in [6.45, 7) is 1.50. The van der Waals surface area contributed by atoms with Gasteiger partial charge >= 0.3 is 0 Å². The average molecular weight is 402 g/mol. The van der Waals surface area contributed by atoms with Gasteiger partial charge in [0, 0.05) is 24.7 Å². The van der Waals surface area contributed by atoms with Crippen molar-refractivity contribution in [1.29, 1.82) is 0 Å². The lowest BCUT2D eigenvalue weighted by molar-refractivity contribution is -0.124. The van der Waals surface area contributed by atoms with Gasteiger partial charge in [0.25, 0.3) is 0 Å². The molecule has 1 aliphatic heterocycles. The van der Waals surface area contributed by atoms with E-state index in [2.05, 4.69) is 20.4 Å². The Bertz CT molecular complexity index is 1050. The van der Waals surface area contributed by atoms with Crippen molar-refractivity contribution in [3.05, 3.63) is 78.1 Å². The van der Waals surface area contributed by atoms with Crippen molar-refractivity contribution in [3.63, 3.8) is 0 Å². The molecule has 0 unspecified atom stereocenters. The number of benzene rings is 2. The van der Waals surface area contributed by atoms with Crippen LogP contribution in [0.2, 0.25) is 0 Å². The van der Waals surface area contributed by atoms with Gasteiger partial charge in [-0.25, -0.2) is 4.39 Å². The average Bonchev–Trinajstić information content (AvgIpc) is 3.48. The first-order chi connectivity index (χ1) is 14.7. The van der Waals surface area contributed by atoms with E-state index in [0.717, 1.165) is 37.2 Å². The molecule has 2 fully saturated rings. The van der Waals surface area contributed by atoms with Crippen LogP contribution in [0.3, 0.4) is 0 Å². The van der Waals surface area contributed by atoms with Crippen molar-refractivity contribution in [3.8, 4) is 11.3 Å². The van der Waals surface area contributed by atoms with Gasteiger partial charge in [-0.2, -0.15) is 0 Å². The maximum absolute atomic E-state index is 14.0. The predicted molar refractivity (Wildman–Crippen MR) is 114 cm³/mol. The van der Waals surface area contributed by atoms with E-state index in [9.17, 15) is 9.18 Å². The van der Waals surface area contributed by atoms with Gasteiger partial charge in [-0.05, 0) is 49.1 Å². The summed E-state index contributed by atoms with van der Waals surface area (Å²) in [4.78, 5) is 15.1. The van der Waals surface area contributed by atoms with E-state index in [1.54, 1.807) is 24.3 Å². The second-order valence-electron chi connectivity index (χ2n) is 8.11. The number of anilines is 1. The van der Waals surface area contributed by atoms with Gasteiger partial charge in [0.15, 0.2) is 5.82 Å². The van der Waals surface area contributed by atoms with Crippen molar-refractivity contribution in [2.45, 2.75) is 30.7 Å². The van der Waals surface area contributed by atoms with Crippen molar-refractivity contribution >= 4 is 11.7 Å². The lowest BCUT2D eigenvalue weighted by Crippen LogP contribution is -2.43. The van der Waals surface area contributed by atoms with Crippen LogP contribution in [0.5, 0.6) is 0 Å². The number of aromatic nitrogens is 2. The molecule has 1 saturated heterocycles. The van der Waals surface area contributed by atoms with Gasteiger partial charge in [0.2, 0.25) is 5.91 Å². The third kappa shape index (κ3) is 3.43. The normalized spacial score (nSPS) is 19.5. The second-order valence-corrected chi connectivity index (χ2v) is 8.11. The minimum Gasteiger partial charge on any atom is -0.353 e. The Hall–Kier alpha value is -3.28. The van der Waals surface area contributed by atoms with Crippen molar-refractivity contribution in [2.24, 2.45) is 0 Å². The summed E-state index contributed by atoms with van der Waals surface area (Å²) in [6.07, 6.45) is 2.68. The summed E-state index contributed by atoms with van der Waals surface area (Å²) in [5, 5.41) is 11.8. The van der Waals surface area contributed by atoms with E-state index in [1.165, 1.54) is 6.07 Å². The number of carbonyl (C=O) groups excluding carboxylic acids is 1. The molecule has 30 heavy (non-hydrogen) atoms. The summed E-state index contributed by atoms with van der Waals surface area (Å²) in [5.74, 6) is 0.563. The summed E-state index contributed by atoms with van der Waals surface area (Å²) in [7, 11) is 0. The van der Waals surface area contributed by atoms with E-state index >= 15 is 0 Å². The van der Waals surface area contributed by atoms with Crippen molar-refractivity contribution < 1.29 is 9.18 Å². The summed E-state index contributed by atoms with van der Waals surface area (Å²) < 4.78 is 14.0. The van der Waals surface area contributed by atoms with Crippen LogP contribution in [0.4, 0.5) is 10.2 Å². The molecule has 5 nitrogen and oxygen atoms in total. The molecule has 1 atom stereocenters. The second kappa shape index (κ2) is 7.52. The topological polar surface area (TPSA) is 58.1 Å². The van der Waals surface area contributed by atoms with Gasteiger partial charge in [0.1, 0.15) is 5.82 Å².